The maximum absolute atomic E-state index is 11.9. The third-order valence-corrected chi connectivity index (χ3v) is 4.55. The number of carbonyl (C=O) groups excluding carboxylic acids is 1. The zero-order chi connectivity index (χ0) is 13.7. The number of aryl methyl sites for hydroxylation is 1. The molecule has 6 heteroatoms. The molecule has 19 heavy (non-hydrogen) atoms. The molecule has 98 valence electrons. The number of benzene rings is 1. The van der Waals surface area contributed by atoms with Crippen LogP contribution in [0.25, 0.3) is 0 Å². The maximum Gasteiger partial charge on any atom is 0.200 e. The quantitative estimate of drug-likeness (QED) is 0.473. The second-order valence-electron chi connectivity index (χ2n) is 3.70. The molecule has 3 nitrogen and oxygen atoms in total. The Hall–Kier alpha value is -1.11. The molecule has 0 saturated heterocycles. The van der Waals surface area contributed by atoms with Gasteiger partial charge in [0, 0.05) is 5.56 Å². The molecule has 0 saturated carbocycles. The van der Waals surface area contributed by atoms with Gasteiger partial charge in [0.2, 0.25) is 5.16 Å². The van der Waals surface area contributed by atoms with Crippen LogP contribution in [0.1, 0.15) is 15.9 Å². The van der Waals surface area contributed by atoms with E-state index in [1.807, 2.05) is 37.4 Å². The Labute approximate surface area is 124 Å². The van der Waals surface area contributed by atoms with Gasteiger partial charge in [-0.2, -0.15) is 4.37 Å². The Balaban J connectivity index is 1.95. The van der Waals surface area contributed by atoms with Crippen molar-refractivity contribution >= 4 is 40.8 Å². The van der Waals surface area contributed by atoms with Gasteiger partial charge in [0.05, 0.1) is 0 Å². The lowest BCUT2D eigenvalue weighted by molar-refractivity contribution is 0.104. The topological polar surface area (TPSA) is 42.9 Å². The molecule has 2 aromatic rings. The molecule has 0 unspecified atom stereocenters. The van der Waals surface area contributed by atoms with Crippen molar-refractivity contribution in [1.29, 1.82) is 0 Å². The summed E-state index contributed by atoms with van der Waals surface area (Å²) in [5, 5.41) is 2.53. The van der Waals surface area contributed by atoms with Crippen LogP contribution in [0.15, 0.2) is 45.2 Å². The zero-order valence-electron chi connectivity index (χ0n) is 10.5. The van der Waals surface area contributed by atoms with Crippen LogP contribution in [0.2, 0.25) is 0 Å². The van der Waals surface area contributed by atoms with Crippen molar-refractivity contribution in [3.8, 4) is 0 Å². The first-order valence-electron chi connectivity index (χ1n) is 5.51. The Kier molecular flexibility index (Phi) is 5.18. The fourth-order valence-electron chi connectivity index (χ4n) is 1.30. The molecule has 0 radical (unpaired) electrons. The van der Waals surface area contributed by atoms with Gasteiger partial charge in [0.15, 0.2) is 10.1 Å². The molecular formula is C13H12N2OS3. The number of hydrogen-bond acceptors (Lipinski definition) is 6. The van der Waals surface area contributed by atoms with E-state index < -0.39 is 0 Å². The Morgan fingerprint density at radius 2 is 2.05 bits per heavy atom. The molecule has 0 atom stereocenters. The summed E-state index contributed by atoms with van der Waals surface area (Å²) >= 11 is 4.27. The number of allylic oxidation sites excluding steroid dienone is 1. The normalized spacial score (nSPS) is 11.1. The minimum atomic E-state index is 0.00195. The number of aromatic nitrogens is 2. The minimum Gasteiger partial charge on any atom is -0.289 e. The lowest BCUT2D eigenvalue weighted by Gasteiger charge is -1.96. The van der Waals surface area contributed by atoms with Crippen molar-refractivity contribution < 1.29 is 4.79 Å². The van der Waals surface area contributed by atoms with Crippen molar-refractivity contribution in [3.05, 3.63) is 46.9 Å². The Morgan fingerprint density at radius 3 is 2.68 bits per heavy atom. The minimum absolute atomic E-state index is 0.00195. The van der Waals surface area contributed by atoms with Crippen LogP contribution in [0.3, 0.4) is 0 Å². The third kappa shape index (κ3) is 4.19. The van der Waals surface area contributed by atoms with Crippen LogP contribution in [-0.4, -0.2) is 21.4 Å². The average Bonchev–Trinajstić information content (AvgIpc) is 2.87. The molecule has 1 heterocycles. The Bertz CT molecular complexity index is 590. The number of hydrogen-bond donors (Lipinski definition) is 0. The lowest BCUT2D eigenvalue weighted by atomic mass is 10.1. The van der Waals surface area contributed by atoms with Gasteiger partial charge in [-0.1, -0.05) is 53.4 Å². The van der Waals surface area contributed by atoms with E-state index in [9.17, 15) is 4.79 Å². The van der Waals surface area contributed by atoms with Gasteiger partial charge in [0.25, 0.3) is 0 Å². The highest BCUT2D eigenvalue weighted by molar-refractivity contribution is 8.03. The van der Waals surface area contributed by atoms with E-state index in [-0.39, 0.29) is 5.78 Å². The number of nitrogens with zero attached hydrogens (tertiary/aromatic N) is 2. The van der Waals surface area contributed by atoms with E-state index in [1.165, 1.54) is 35.1 Å². The second kappa shape index (κ2) is 6.88. The van der Waals surface area contributed by atoms with Crippen molar-refractivity contribution in [2.45, 2.75) is 16.4 Å². The van der Waals surface area contributed by atoms with E-state index in [2.05, 4.69) is 9.36 Å². The maximum atomic E-state index is 11.9. The van der Waals surface area contributed by atoms with Crippen LogP contribution in [0.5, 0.6) is 0 Å². The fraction of sp³-hybridized carbons (Fsp3) is 0.154. The first-order valence-corrected chi connectivity index (χ1v) is 8.39. The summed E-state index contributed by atoms with van der Waals surface area (Å²) in [7, 11) is 0. The van der Waals surface area contributed by atoms with Crippen LogP contribution in [0, 0.1) is 6.92 Å². The smallest absolute Gasteiger partial charge is 0.200 e. The van der Waals surface area contributed by atoms with Gasteiger partial charge in [-0.3, -0.25) is 4.79 Å². The van der Waals surface area contributed by atoms with Crippen LogP contribution >= 0.6 is 35.1 Å². The summed E-state index contributed by atoms with van der Waals surface area (Å²) in [5.41, 5.74) is 1.85. The number of carbonyl (C=O) groups is 1. The number of ketones is 1. The molecule has 2 rings (SSSR count). The molecule has 0 bridgehead atoms. The van der Waals surface area contributed by atoms with E-state index in [4.69, 9.17) is 0 Å². The SMILES string of the molecule is CSc1nsc(S/C=C\C(=O)c2ccc(C)cc2)n1. The predicted molar refractivity (Wildman–Crippen MR) is 82.2 cm³/mol. The predicted octanol–water partition coefficient (Wildman–Crippen LogP) is 4.06. The third-order valence-electron chi connectivity index (χ3n) is 2.30. The first kappa shape index (κ1) is 14.3. The summed E-state index contributed by atoms with van der Waals surface area (Å²) in [6.45, 7) is 2.00. The summed E-state index contributed by atoms with van der Waals surface area (Å²) in [5.74, 6) is 0.00195. The van der Waals surface area contributed by atoms with Crippen molar-refractivity contribution in [2.24, 2.45) is 0 Å². The second-order valence-corrected chi connectivity index (χ2v) is 6.38. The molecule has 0 aliphatic rings. The van der Waals surface area contributed by atoms with Crippen molar-refractivity contribution in [1.82, 2.24) is 9.36 Å². The largest absolute Gasteiger partial charge is 0.289 e. The summed E-state index contributed by atoms with van der Waals surface area (Å²) in [4.78, 5) is 16.2. The van der Waals surface area contributed by atoms with Gasteiger partial charge in [-0.05, 0) is 36.2 Å². The molecule has 0 spiro atoms. The van der Waals surface area contributed by atoms with Crippen LogP contribution < -0.4 is 0 Å². The highest BCUT2D eigenvalue weighted by Crippen LogP contribution is 2.24. The van der Waals surface area contributed by atoms with E-state index in [0.717, 1.165) is 15.1 Å². The fourth-order valence-corrected chi connectivity index (χ4v) is 3.23. The molecule has 1 aromatic carbocycles. The first-order chi connectivity index (χ1) is 9.19. The summed E-state index contributed by atoms with van der Waals surface area (Å²) < 4.78 is 5.00. The zero-order valence-corrected chi connectivity index (χ0v) is 12.9. The van der Waals surface area contributed by atoms with Gasteiger partial charge >= 0.3 is 0 Å². The van der Waals surface area contributed by atoms with Gasteiger partial charge < -0.3 is 0 Å². The summed E-state index contributed by atoms with van der Waals surface area (Å²) in [6, 6.07) is 7.54. The van der Waals surface area contributed by atoms with Gasteiger partial charge in [0.1, 0.15) is 0 Å². The van der Waals surface area contributed by atoms with Gasteiger partial charge in [-0.15, -0.1) is 0 Å². The van der Waals surface area contributed by atoms with E-state index >= 15 is 0 Å². The molecule has 0 aliphatic heterocycles. The van der Waals surface area contributed by atoms with Crippen LogP contribution in [0.4, 0.5) is 0 Å². The molecule has 0 aliphatic carbocycles. The molecule has 0 amide bonds. The van der Waals surface area contributed by atoms with Gasteiger partial charge in [-0.25, -0.2) is 4.98 Å². The van der Waals surface area contributed by atoms with Crippen molar-refractivity contribution in [3.63, 3.8) is 0 Å². The monoisotopic (exact) mass is 308 g/mol. The molecule has 0 N–H and O–H groups in total. The highest BCUT2D eigenvalue weighted by Gasteiger charge is 2.03. The van der Waals surface area contributed by atoms with E-state index in [0.29, 0.717) is 5.56 Å². The number of rotatable bonds is 5. The Morgan fingerprint density at radius 1 is 1.32 bits per heavy atom. The number of thioether (sulfide) groups is 2. The summed E-state index contributed by atoms with van der Waals surface area (Å²) in [6.07, 6.45) is 3.50. The molecular weight excluding hydrogens is 296 g/mol. The lowest BCUT2D eigenvalue weighted by Crippen LogP contribution is -1.93. The standard InChI is InChI=1S/C13H12N2OS3/c1-9-3-5-10(6-4-9)11(16)7-8-18-13-14-12(17-2)15-19-13/h3-8H,1-2H3/b8-7-. The molecule has 0 fully saturated rings. The highest BCUT2D eigenvalue weighted by atomic mass is 32.2. The van der Waals surface area contributed by atoms with Crippen molar-refractivity contribution in [2.75, 3.05) is 6.26 Å². The van der Waals surface area contributed by atoms with Crippen LogP contribution in [-0.2, 0) is 0 Å². The van der Waals surface area contributed by atoms with E-state index in [1.54, 1.807) is 11.5 Å². The average molecular weight is 308 g/mol. The molecule has 1 aromatic heterocycles.